The molecular formula is C18H24O2. The summed E-state index contributed by atoms with van der Waals surface area (Å²) < 4.78 is 5.96. The van der Waals surface area contributed by atoms with Crippen molar-refractivity contribution in [1.82, 2.24) is 0 Å². The second-order valence-electron chi connectivity index (χ2n) is 6.59. The zero-order chi connectivity index (χ0) is 13.9. The van der Waals surface area contributed by atoms with Gasteiger partial charge in [0.05, 0.1) is 6.61 Å². The lowest BCUT2D eigenvalue weighted by molar-refractivity contribution is -0.116. The first-order valence-electron chi connectivity index (χ1n) is 7.92. The number of aryl methyl sites for hydroxylation is 1. The number of Topliss-reactive ketones (excluding diaryl/α,β-unsaturated/α-hetero) is 1. The summed E-state index contributed by atoms with van der Waals surface area (Å²) in [6.07, 6.45) is 7.15. The van der Waals surface area contributed by atoms with Gasteiger partial charge in [-0.25, -0.2) is 0 Å². The van der Waals surface area contributed by atoms with E-state index in [1.807, 2.05) is 12.1 Å². The summed E-state index contributed by atoms with van der Waals surface area (Å²) >= 11 is 0. The highest BCUT2D eigenvalue weighted by Crippen LogP contribution is 2.48. The highest BCUT2D eigenvalue weighted by molar-refractivity contribution is 5.75. The van der Waals surface area contributed by atoms with E-state index in [2.05, 4.69) is 12.1 Å². The molecule has 0 radical (unpaired) electrons. The number of carbonyl (C=O) groups is 1. The van der Waals surface area contributed by atoms with Gasteiger partial charge in [0, 0.05) is 6.42 Å². The Kier molecular flexibility index (Phi) is 4.09. The van der Waals surface area contributed by atoms with E-state index in [0.29, 0.717) is 6.42 Å². The van der Waals surface area contributed by atoms with Crippen molar-refractivity contribution in [2.24, 2.45) is 17.8 Å². The molecule has 0 saturated heterocycles. The average molecular weight is 272 g/mol. The average Bonchev–Trinajstić information content (AvgIpc) is 3.06. The highest BCUT2D eigenvalue weighted by atomic mass is 16.5. The highest BCUT2D eigenvalue weighted by Gasteiger charge is 2.39. The molecule has 1 aromatic carbocycles. The van der Waals surface area contributed by atoms with E-state index < -0.39 is 0 Å². The van der Waals surface area contributed by atoms with E-state index in [-0.39, 0.29) is 5.78 Å². The molecule has 2 heteroatoms. The normalized spacial score (nSPS) is 27.8. The van der Waals surface area contributed by atoms with Crippen LogP contribution in [-0.2, 0) is 11.2 Å². The molecule has 2 fully saturated rings. The van der Waals surface area contributed by atoms with Crippen LogP contribution in [0, 0.1) is 17.8 Å². The lowest BCUT2D eigenvalue weighted by atomic mass is 9.89. The van der Waals surface area contributed by atoms with Crippen LogP contribution in [0.2, 0.25) is 0 Å². The standard InChI is InChI=1S/C18H24O2/c1-13(19)2-3-14-5-8-18(9-6-14)20-12-17-11-15-4-7-16(17)10-15/h5-6,8-9,15-17H,2-4,7,10-12H2,1H3. The van der Waals surface area contributed by atoms with Gasteiger partial charge in [0.2, 0.25) is 0 Å². The zero-order valence-corrected chi connectivity index (χ0v) is 12.3. The van der Waals surface area contributed by atoms with E-state index in [1.165, 1.54) is 31.2 Å². The second kappa shape index (κ2) is 5.99. The molecule has 0 spiro atoms. The van der Waals surface area contributed by atoms with Gasteiger partial charge in [0.15, 0.2) is 0 Å². The number of hydrogen-bond donors (Lipinski definition) is 0. The van der Waals surface area contributed by atoms with Crippen LogP contribution in [0.4, 0.5) is 0 Å². The topological polar surface area (TPSA) is 26.3 Å². The summed E-state index contributed by atoms with van der Waals surface area (Å²) in [5.41, 5.74) is 1.22. The molecule has 3 rings (SSSR count). The number of ketones is 1. The maximum Gasteiger partial charge on any atom is 0.130 e. The van der Waals surface area contributed by atoms with Crippen molar-refractivity contribution in [2.45, 2.75) is 45.4 Å². The van der Waals surface area contributed by atoms with Crippen molar-refractivity contribution in [1.29, 1.82) is 0 Å². The van der Waals surface area contributed by atoms with E-state index in [4.69, 9.17) is 4.74 Å². The fourth-order valence-electron chi connectivity index (χ4n) is 3.86. The van der Waals surface area contributed by atoms with Gasteiger partial charge >= 0.3 is 0 Å². The monoisotopic (exact) mass is 272 g/mol. The molecule has 0 N–H and O–H groups in total. The van der Waals surface area contributed by atoms with Crippen LogP contribution in [0.15, 0.2) is 24.3 Å². The summed E-state index contributed by atoms with van der Waals surface area (Å²) in [7, 11) is 0. The predicted molar refractivity (Wildman–Crippen MR) is 79.9 cm³/mol. The summed E-state index contributed by atoms with van der Waals surface area (Å²) in [6, 6.07) is 8.25. The molecule has 1 aromatic rings. The number of ether oxygens (including phenoxy) is 1. The zero-order valence-electron chi connectivity index (χ0n) is 12.3. The largest absolute Gasteiger partial charge is 0.493 e. The molecule has 3 atom stereocenters. The van der Waals surface area contributed by atoms with Gasteiger partial charge in [-0.2, -0.15) is 0 Å². The molecule has 108 valence electrons. The molecule has 2 aliphatic rings. The van der Waals surface area contributed by atoms with Crippen molar-refractivity contribution in [3.63, 3.8) is 0 Å². The van der Waals surface area contributed by atoms with Crippen molar-refractivity contribution < 1.29 is 9.53 Å². The maximum absolute atomic E-state index is 11.0. The Balaban J connectivity index is 1.47. The van der Waals surface area contributed by atoms with Crippen LogP contribution >= 0.6 is 0 Å². The maximum atomic E-state index is 11.0. The number of hydrogen-bond acceptors (Lipinski definition) is 2. The number of rotatable bonds is 6. The molecule has 2 saturated carbocycles. The fourth-order valence-corrected chi connectivity index (χ4v) is 3.86. The molecule has 3 unspecified atom stereocenters. The third-order valence-corrected chi connectivity index (χ3v) is 5.04. The number of carbonyl (C=O) groups excluding carboxylic acids is 1. The molecule has 2 aliphatic carbocycles. The number of fused-ring (bicyclic) bond motifs is 2. The van der Waals surface area contributed by atoms with E-state index >= 15 is 0 Å². The minimum atomic E-state index is 0.251. The minimum absolute atomic E-state index is 0.251. The van der Waals surface area contributed by atoms with Crippen molar-refractivity contribution in [3.8, 4) is 5.75 Å². The Labute approximate surface area is 121 Å². The summed E-state index contributed by atoms with van der Waals surface area (Å²) in [5.74, 6) is 3.92. The van der Waals surface area contributed by atoms with Gasteiger partial charge in [0.1, 0.15) is 11.5 Å². The molecule has 0 aromatic heterocycles. The minimum Gasteiger partial charge on any atom is -0.493 e. The summed E-state index contributed by atoms with van der Waals surface area (Å²) in [5, 5.41) is 0. The third kappa shape index (κ3) is 3.23. The Morgan fingerprint density at radius 1 is 1.20 bits per heavy atom. The lowest BCUT2D eigenvalue weighted by Crippen LogP contribution is -2.18. The molecule has 2 nitrogen and oxygen atoms in total. The van der Waals surface area contributed by atoms with E-state index in [0.717, 1.165) is 36.5 Å². The van der Waals surface area contributed by atoms with Crippen LogP contribution < -0.4 is 4.74 Å². The van der Waals surface area contributed by atoms with Gasteiger partial charge in [-0.1, -0.05) is 18.6 Å². The van der Waals surface area contributed by atoms with Crippen molar-refractivity contribution >= 4 is 5.78 Å². The third-order valence-electron chi connectivity index (χ3n) is 5.04. The van der Waals surface area contributed by atoms with Gasteiger partial charge in [0.25, 0.3) is 0 Å². The van der Waals surface area contributed by atoms with E-state index in [9.17, 15) is 4.79 Å². The molecular weight excluding hydrogens is 248 g/mol. The smallest absolute Gasteiger partial charge is 0.130 e. The summed E-state index contributed by atoms with van der Waals surface area (Å²) in [6.45, 7) is 2.53. The molecule has 0 aliphatic heterocycles. The molecule has 0 heterocycles. The van der Waals surface area contributed by atoms with Crippen LogP contribution in [0.25, 0.3) is 0 Å². The van der Waals surface area contributed by atoms with Crippen LogP contribution in [0.5, 0.6) is 5.75 Å². The first-order chi connectivity index (χ1) is 9.70. The Hall–Kier alpha value is -1.31. The summed E-state index contributed by atoms with van der Waals surface area (Å²) in [4.78, 5) is 11.0. The Morgan fingerprint density at radius 3 is 2.60 bits per heavy atom. The van der Waals surface area contributed by atoms with Crippen molar-refractivity contribution in [3.05, 3.63) is 29.8 Å². The van der Waals surface area contributed by atoms with Gasteiger partial charge in [-0.05, 0) is 68.1 Å². The predicted octanol–water partition coefficient (Wildman–Crippen LogP) is 4.02. The van der Waals surface area contributed by atoms with Crippen molar-refractivity contribution in [2.75, 3.05) is 6.61 Å². The Bertz CT molecular complexity index is 463. The molecule has 2 bridgehead atoms. The number of benzene rings is 1. The lowest BCUT2D eigenvalue weighted by Gasteiger charge is -2.21. The first-order valence-corrected chi connectivity index (χ1v) is 7.92. The fraction of sp³-hybridized carbons (Fsp3) is 0.611. The SMILES string of the molecule is CC(=O)CCc1ccc(OCC2CC3CCC2C3)cc1. The van der Waals surface area contributed by atoms with Gasteiger partial charge in [-0.15, -0.1) is 0 Å². The quantitative estimate of drug-likeness (QED) is 0.781. The Morgan fingerprint density at radius 2 is 2.00 bits per heavy atom. The molecule has 20 heavy (non-hydrogen) atoms. The van der Waals surface area contributed by atoms with Gasteiger partial charge in [-0.3, -0.25) is 0 Å². The van der Waals surface area contributed by atoms with Crippen LogP contribution in [0.3, 0.4) is 0 Å². The van der Waals surface area contributed by atoms with Gasteiger partial charge < -0.3 is 9.53 Å². The van der Waals surface area contributed by atoms with Crippen LogP contribution in [-0.4, -0.2) is 12.4 Å². The van der Waals surface area contributed by atoms with E-state index in [1.54, 1.807) is 6.92 Å². The molecule has 0 amide bonds. The van der Waals surface area contributed by atoms with Crippen LogP contribution in [0.1, 0.15) is 44.6 Å². The second-order valence-corrected chi connectivity index (χ2v) is 6.59. The first kappa shape index (κ1) is 13.7.